The number of carbonyl (C=O) groups excluding carboxylic acids is 1. The molecule has 0 bridgehead atoms. The van der Waals surface area contributed by atoms with Gasteiger partial charge in [-0.05, 0) is 55.3 Å². The molecule has 7 nitrogen and oxygen atoms in total. The molecule has 4 rings (SSSR count). The molecule has 0 atom stereocenters. The summed E-state index contributed by atoms with van der Waals surface area (Å²) in [6.45, 7) is 1.00. The van der Waals surface area contributed by atoms with Crippen molar-refractivity contribution in [1.29, 1.82) is 0 Å². The second-order valence-corrected chi connectivity index (χ2v) is 9.14. The van der Waals surface area contributed by atoms with E-state index >= 15 is 0 Å². The fourth-order valence-corrected chi connectivity index (χ4v) is 4.95. The summed E-state index contributed by atoms with van der Waals surface area (Å²) in [7, 11) is -3.66. The van der Waals surface area contributed by atoms with E-state index in [2.05, 4.69) is 10.3 Å². The topological polar surface area (TPSA) is 88.6 Å². The summed E-state index contributed by atoms with van der Waals surface area (Å²) in [4.78, 5) is 16.9. The van der Waals surface area contributed by atoms with Crippen molar-refractivity contribution in [3.05, 3.63) is 78.6 Å². The van der Waals surface area contributed by atoms with E-state index < -0.39 is 15.9 Å². The fraction of sp³-hybridized carbons (Fsp3) is 0.217. The van der Waals surface area contributed by atoms with Gasteiger partial charge in [0, 0.05) is 19.3 Å². The van der Waals surface area contributed by atoms with Crippen LogP contribution in [0.5, 0.6) is 11.5 Å². The molecule has 2 aromatic carbocycles. The number of aromatic nitrogens is 1. The molecule has 3 aromatic rings. The van der Waals surface area contributed by atoms with Gasteiger partial charge < -0.3 is 10.1 Å². The minimum Gasteiger partial charge on any atom is -0.455 e. The SMILES string of the molecule is O=C(Nc1cc(S(=O)(=O)N2CCCCC2)ccc1Oc1ccccc1)c1ccccn1. The number of piperidine rings is 1. The van der Waals surface area contributed by atoms with E-state index in [0.29, 0.717) is 24.6 Å². The summed E-state index contributed by atoms with van der Waals surface area (Å²) in [5.41, 5.74) is 0.482. The minimum atomic E-state index is -3.66. The van der Waals surface area contributed by atoms with Gasteiger partial charge in [0.05, 0.1) is 10.6 Å². The van der Waals surface area contributed by atoms with Crippen LogP contribution in [0.3, 0.4) is 0 Å². The first-order valence-corrected chi connectivity index (χ1v) is 11.6. The quantitative estimate of drug-likeness (QED) is 0.621. The zero-order valence-corrected chi connectivity index (χ0v) is 17.7. The van der Waals surface area contributed by atoms with Crippen LogP contribution in [0.1, 0.15) is 29.8 Å². The number of rotatable bonds is 6. The van der Waals surface area contributed by atoms with Gasteiger partial charge in [-0.2, -0.15) is 4.31 Å². The number of amides is 1. The third kappa shape index (κ3) is 4.92. The molecular weight excluding hydrogens is 414 g/mol. The minimum absolute atomic E-state index is 0.117. The highest BCUT2D eigenvalue weighted by Crippen LogP contribution is 2.33. The van der Waals surface area contributed by atoms with Crippen molar-refractivity contribution in [1.82, 2.24) is 9.29 Å². The molecule has 31 heavy (non-hydrogen) atoms. The number of anilines is 1. The van der Waals surface area contributed by atoms with Crippen LogP contribution in [0.4, 0.5) is 5.69 Å². The van der Waals surface area contributed by atoms with Crippen LogP contribution < -0.4 is 10.1 Å². The fourth-order valence-electron chi connectivity index (χ4n) is 3.41. The molecule has 1 amide bonds. The maximum Gasteiger partial charge on any atom is 0.274 e. The molecule has 1 saturated heterocycles. The average molecular weight is 438 g/mol. The molecule has 8 heteroatoms. The van der Waals surface area contributed by atoms with Crippen LogP contribution in [0.15, 0.2) is 77.8 Å². The molecule has 160 valence electrons. The molecule has 2 heterocycles. The number of hydrogen-bond donors (Lipinski definition) is 1. The number of para-hydroxylation sites is 1. The number of nitrogens with one attached hydrogen (secondary N) is 1. The number of pyridine rings is 1. The molecule has 0 saturated carbocycles. The highest BCUT2D eigenvalue weighted by molar-refractivity contribution is 7.89. The van der Waals surface area contributed by atoms with Crippen LogP contribution in [-0.4, -0.2) is 36.7 Å². The number of sulfonamides is 1. The Bertz CT molecular complexity index is 1150. The standard InChI is InChI=1S/C23H23N3O4S/c27-23(20-11-5-6-14-24-20)25-21-17-19(31(28,29)26-15-7-2-8-16-26)12-13-22(21)30-18-9-3-1-4-10-18/h1,3-6,9-14,17H,2,7-8,15-16H2,(H,25,27). The van der Waals surface area contributed by atoms with E-state index in [1.54, 1.807) is 36.4 Å². The van der Waals surface area contributed by atoms with E-state index in [-0.39, 0.29) is 16.3 Å². The lowest BCUT2D eigenvalue weighted by molar-refractivity contribution is 0.102. The van der Waals surface area contributed by atoms with E-state index in [0.717, 1.165) is 19.3 Å². The molecule has 1 aliphatic rings. The van der Waals surface area contributed by atoms with E-state index in [4.69, 9.17) is 4.74 Å². The van der Waals surface area contributed by atoms with Gasteiger partial charge in [-0.1, -0.05) is 30.7 Å². The Labute approximate surface area is 181 Å². The van der Waals surface area contributed by atoms with Crippen LogP contribution in [0.25, 0.3) is 0 Å². The number of carbonyl (C=O) groups is 1. The zero-order chi connectivity index (χ0) is 21.7. The van der Waals surface area contributed by atoms with Crippen LogP contribution >= 0.6 is 0 Å². The predicted octanol–water partition coefficient (Wildman–Crippen LogP) is 4.30. The molecule has 0 aliphatic carbocycles. The zero-order valence-electron chi connectivity index (χ0n) is 16.9. The van der Waals surface area contributed by atoms with Crippen LogP contribution in [0.2, 0.25) is 0 Å². The van der Waals surface area contributed by atoms with Gasteiger partial charge in [-0.15, -0.1) is 0 Å². The molecule has 1 fully saturated rings. The van der Waals surface area contributed by atoms with Gasteiger partial charge in [0.25, 0.3) is 5.91 Å². The summed E-state index contributed by atoms with van der Waals surface area (Å²) >= 11 is 0. The molecule has 1 N–H and O–H groups in total. The monoisotopic (exact) mass is 437 g/mol. The molecular formula is C23H23N3O4S. The Balaban J connectivity index is 1.69. The van der Waals surface area contributed by atoms with Crippen LogP contribution in [0, 0.1) is 0 Å². The summed E-state index contributed by atoms with van der Waals surface area (Å²) in [5.74, 6) is 0.460. The van der Waals surface area contributed by atoms with Crippen molar-refractivity contribution >= 4 is 21.6 Å². The first-order chi connectivity index (χ1) is 15.0. The van der Waals surface area contributed by atoms with Crippen molar-refractivity contribution in [3.8, 4) is 11.5 Å². The van der Waals surface area contributed by atoms with Crippen molar-refractivity contribution in [3.63, 3.8) is 0 Å². The van der Waals surface area contributed by atoms with Crippen molar-refractivity contribution in [2.75, 3.05) is 18.4 Å². The van der Waals surface area contributed by atoms with Crippen molar-refractivity contribution in [2.45, 2.75) is 24.2 Å². The Morgan fingerprint density at radius 2 is 1.68 bits per heavy atom. The van der Waals surface area contributed by atoms with Gasteiger partial charge in [0.1, 0.15) is 11.4 Å². The third-order valence-corrected chi connectivity index (χ3v) is 6.92. The molecule has 0 spiro atoms. The van der Waals surface area contributed by atoms with Gasteiger partial charge >= 0.3 is 0 Å². The largest absolute Gasteiger partial charge is 0.455 e. The number of hydrogen-bond acceptors (Lipinski definition) is 5. The Morgan fingerprint density at radius 3 is 2.39 bits per heavy atom. The number of ether oxygens (including phenoxy) is 1. The normalized spacial score (nSPS) is 14.7. The highest BCUT2D eigenvalue weighted by Gasteiger charge is 2.27. The molecule has 1 aromatic heterocycles. The van der Waals surface area contributed by atoms with Gasteiger partial charge in [0.2, 0.25) is 10.0 Å². The summed E-state index contributed by atoms with van der Waals surface area (Å²) < 4.78 is 33.7. The average Bonchev–Trinajstić information content (AvgIpc) is 2.82. The van der Waals surface area contributed by atoms with E-state index in [1.807, 2.05) is 18.2 Å². The third-order valence-electron chi connectivity index (χ3n) is 5.02. The van der Waals surface area contributed by atoms with E-state index in [1.165, 1.54) is 22.6 Å². The summed E-state index contributed by atoms with van der Waals surface area (Å²) in [6.07, 6.45) is 4.24. The summed E-state index contributed by atoms with van der Waals surface area (Å²) in [5, 5.41) is 2.75. The maximum absolute atomic E-state index is 13.1. The van der Waals surface area contributed by atoms with Gasteiger partial charge in [-0.25, -0.2) is 8.42 Å². The van der Waals surface area contributed by atoms with Crippen LogP contribution in [-0.2, 0) is 10.0 Å². The molecule has 0 unspecified atom stereocenters. The lowest BCUT2D eigenvalue weighted by Gasteiger charge is -2.26. The lowest BCUT2D eigenvalue weighted by atomic mass is 10.2. The second-order valence-electron chi connectivity index (χ2n) is 7.21. The summed E-state index contributed by atoms with van der Waals surface area (Å²) in [6, 6.07) is 18.6. The lowest BCUT2D eigenvalue weighted by Crippen LogP contribution is -2.35. The Morgan fingerprint density at radius 1 is 0.935 bits per heavy atom. The maximum atomic E-state index is 13.1. The van der Waals surface area contributed by atoms with E-state index in [9.17, 15) is 13.2 Å². The second kappa shape index (κ2) is 9.28. The number of nitrogens with zero attached hydrogens (tertiary/aromatic N) is 2. The molecule has 1 aliphatic heterocycles. The Kier molecular flexibility index (Phi) is 6.29. The van der Waals surface area contributed by atoms with Gasteiger partial charge in [-0.3, -0.25) is 9.78 Å². The smallest absolute Gasteiger partial charge is 0.274 e. The predicted molar refractivity (Wildman–Crippen MR) is 118 cm³/mol. The first-order valence-electron chi connectivity index (χ1n) is 10.1. The molecule has 0 radical (unpaired) electrons. The number of benzene rings is 2. The highest BCUT2D eigenvalue weighted by atomic mass is 32.2. The van der Waals surface area contributed by atoms with Crippen molar-refractivity contribution < 1.29 is 17.9 Å². The van der Waals surface area contributed by atoms with Crippen molar-refractivity contribution in [2.24, 2.45) is 0 Å². The Hall–Kier alpha value is -3.23. The first kappa shape index (κ1) is 21.0. The van der Waals surface area contributed by atoms with Gasteiger partial charge in [0.15, 0.2) is 5.75 Å².